The molecule has 0 aliphatic heterocycles. The molecule has 1 unspecified atom stereocenters. The maximum atomic E-state index is 10.2. The van der Waals surface area contributed by atoms with Gasteiger partial charge in [-0.3, -0.25) is 4.79 Å². The van der Waals surface area contributed by atoms with Crippen LogP contribution in [0.3, 0.4) is 0 Å². The van der Waals surface area contributed by atoms with E-state index in [0.29, 0.717) is 12.6 Å². The van der Waals surface area contributed by atoms with Gasteiger partial charge in [0.05, 0.1) is 0 Å². The smallest absolute Gasteiger partial charge is 0.142 e. The van der Waals surface area contributed by atoms with E-state index in [4.69, 9.17) is 4.74 Å². The van der Waals surface area contributed by atoms with Crippen LogP contribution in [-0.2, 0) is 4.79 Å². The second-order valence-corrected chi connectivity index (χ2v) is 4.19. The largest absolute Gasteiger partial charge is 0.492 e. The minimum absolute atomic E-state index is 0.379. The number of carbonyl (C=O) groups excluding carboxylic acids is 1. The van der Waals surface area contributed by atoms with Crippen LogP contribution in [0.2, 0.25) is 0 Å². The lowest BCUT2D eigenvalue weighted by Crippen LogP contribution is -2.30. The number of aldehydes is 1. The lowest BCUT2D eigenvalue weighted by atomic mass is 10.2. The molecule has 0 fully saturated rings. The highest BCUT2D eigenvalue weighted by molar-refractivity contribution is 5.73. The van der Waals surface area contributed by atoms with Crippen LogP contribution in [0.4, 0.5) is 0 Å². The quantitative estimate of drug-likeness (QED) is 0.557. The van der Waals surface area contributed by atoms with Crippen LogP contribution >= 0.6 is 0 Å². The van der Waals surface area contributed by atoms with E-state index in [0.717, 1.165) is 17.6 Å². The number of likely N-dealkylation sites (N-methyl/N-ethyl adjacent to an activating group) is 1. The Kier molecular flexibility index (Phi) is 5.43. The highest BCUT2D eigenvalue weighted by Gasteiger charge is 2.04. The van der Waals surface area contributed by atoms with Crippen LogP contribution in [0.1, 0.15) is 12.5 Å². The lowest BCUT2D eigenvalue weighted by Gasteiger charge is -2.19. The highest BCUT2D eigenvalue weighted by atomic mass is 16.5. The Balaban J connectivity index is 2.51. The first-order chi connectivity index (χ1) is 8.13. The van der Waals surface area contributed by atoms with Crippen molar-refractivity contribution in [2.45, 2.75) is 13.0 Å². The van der Waals surface area contributed by atoms with Crippen molar-refractivity contribution in [2.24, 2.45) is 0 Å². The van der Waals surface area contributed by atoms with Crippen molar-refractivity contribution in [1.29, 1.82) is 0 Å². The second kappa shape index (κ2) is 6.86. The predicted octanol–water partition coefficient (Wildman–Crippen LogP) is 2.23. The number of allylic oxidation sites excluding steroid dienone is 1. The van der Waals surface area contributed by atoms with Crippen molar-refractivity contribution in [3.8, 4) is 5.75 Å². The Hall–Kier alpha value is -1.61. The number of nitrogens with zero attached hydrogens (tertiary/aromatic N) is 1. The molecule has 0 spiro atoms. The zero-order valence-electron chi connectivity index (χ0n) is 10.6. The van der Waals surface area contributed by atoms with E-state index in [1.54, 1.807) is 6.08 Å². The van der Waals surface area contributed by atoms with E-state index < -0.39 is 0 Å². The summed E-state index contributed by atoms with van der Waals surface area (Å²) in [6.07, 6.45) is 4.01. The van der Waals surface area contributed by atoms with Crippen molar-refractivity contribution >= 4 is 12.4 Å². The molecule has 0 saturated heterocycles. The molecule has 1 rings (SSSR count). The minimum Gasteiger partial charge on any atom is -0.492 e. The standard InChI is InChI=1S/C14H19NO2/c1-12(15(2)3)11-17-14-8-6-13(7-9-14)5-4-10-16/h4-10,12H,11H2,1-3H3. The van der Waals surface area contributed by atoms with Gasteiger partial charge < -0.3 is 9.64 Å². The first-order valence-electron chi connectivity index (χ1n) is 5.64. The van der Waals surface area contributed by atoms with E-state index in [-0.39, 0.29) is 0 Å². The van der Waals surface area contributed by atoms with Gasteiger partial charge in [0.1, 0.15) is 18.6 Å². The average molecular weight is 233 g/mol. The maximum Gasteiger partial charge on any atom is 0.142 e. The van der Waals surface area contributed by atoms with Crippen molar-refractivity contribution in [3.63, 3.8) is 0 Å². The third-order valence-electron chi connectivity index (χ3n) is 2.62. The minimum atomic E-state index is 0.379. The van der Waals surface area contributed by atoms with Crippen molar-refractivity contribution in [2.75, 3.05) is 20.7 Å². The Morgan fingerprint density at radius 1 is 1.29 bits per heavy atom. The number of benzene rings is 1. The summed E-state index contributed by atoms with van der Waals surface area (Å²) in [6, 6.07) is 8.05. The van der Waals surface area contributed by atoms with Crippen molar-refractivity contribution < 1.29 is 9.53 Å². The molecular formula is C14H19NO2. The zero-order valence-corrected chi connectivity index (χ0v) is 10.6. The summed E-state index contributed by atoms with van der Waals surface area (Å²) in [4.78, 5) is 12.3. The van der Waals surface area contributed by atoms with Crippen molar-refractivity contribution in [3.05, 3.63) is 35.9 Å². The Labute approximate surface area is 103 Å². The summed E-state index contributed by atoms with van der Waals surface area (Å²) < 4.78 is 5.65. The van der Waals surface area contributed by atoms with Crippen LogP contribution in [0, 0.1) is 0 Å². The Morgan fingerprint density at radius 3 is 2.47 bits per heavy atom. The molecule has 92 valence electrons. The molecule has 0 bridgehead atoms. The molecule has 0 saturated carbocycles. The van der Waals surface area contributed by atoms with Gasteiger partial charge >= 0.3 is 0 Å². The molecule has 0 radical (unpaired) electrons. The SMILES string of the molecule is CC(COc1ccc(C=CC=O)cc1)N(C)C. The fraction of sp³-hybridized carbons (Fsp3) is 0.357. The molecule has 3 nitrogen and oxygen atoms in total. The van der Waals surface area contributed by atoms with Gasteiger partial charge in [-0.25, -0.2) is 0 Å². The summed E-state index contributed by atoms with van der Waals surface area (Å²) in [5, 5.41) is 0. The number of hydrogen-bond acceptors (Lipinski definition) is 3. The van der Waals surface area contributed by atoms with Crippen LogP contribution in [0.15, 0.2) is 30.3 Å². The summed E-state index contributed by atoms with van der Waals surface area (Å²) in [5.74, 6) is 0.849. The monoisotopic (exact) mass is 233 g/mol. The van der Waals surface area contributed by atoms with Gasteiger partial charge in [0.15, 0.2) is 0 Å². The molecule has 0 amide bonds. The molecule has 0 N–H and O–H groups in total. The van der Waals surface area contributed by atoms with Gasteiger partial charge in [-0.05, 0) is 44.8 Å². The molecule has 1 atom stereocenters. The zero-order chi connectivity index (χ0) is 12.7. The number of rotatable bonds is 6. The fourth-order valence-electron chi connectivity index (χ4n) is 1.19. The average Bonchev–Trinajstić information content (AvgIpc) is 2.34. The van der Waals surface area contributed by atoms with Gasteiger partial charge in [-0.2, -0.15) is 0 Å². The third-order valence-corrected chi connectivity index (χ3v) is 2.62. The maximum absolute atomic E-state index is 10.2. The molecule has 3 heteroatoms. The summed E-state index contributed by atoms with van der Waals surface area (Å²) >= 11 is 0. The lowest BCUT2D eigenvalue weighted by molar-refractivity contribution is -0.104. The van der Waals surface area contributed by atoms with Gasteiger partial charge in [0.25, 0.3) is 0 Å². The van der Waals surface area contributed by atoms with E-state index in [1.165, 1.54) is 6.08 Å². The normalized spacial score (nSPS) is 12.9. The van der Waals surface area contributed by atoms with Gasteiger partial charge in [-0.15, -0.1) is 0 Å². The van der Waals surface area contributed by atoms with Crippen LogP contribution in [-0.4, -0.2) is 37.9 Å². The summed E-state index contributed by atoms with van der Waals surface area (Å²) in [7, 11) is 4.06. The van der Waals surface area contributed by atoms with Crippen molar-refractivity contribution in [1.82, 2.24) is 4.90 Å². The number of hydrogen-bond donors (Lipinski definition) is 0. The van der Waals surface area contributed by atoms with Crippen LogP contribution in [0.5, 0.6) is 5.75 Å². The number of carbonyl (C=O) groups is 1. The van der Waals surface area contributed by atoms with Gasteiger partial charge in [0.2, 0.25) is 0 Å². The Bertz CT molecular complexity index is 368. The van der Waals surface area contributed by atoms with Crippen LogP contribution in [0.25, 0.3) is 6.08 Å². The molecule has 0 aromatic heterocycles. The topological polar surface area (TPSA) is 29.5 Å². The third kappa shape index (κ3) is 4.83. The molecule has 0 aliphatic rings. The van der Waals surface area contributed by atoms with Gasteiger partial charge in [0, 0.05) is 6.04 Å². The van der Waals surface area contributed by atoms with Crippen LogP contribution < -0.4 is 4.74 Å². The second-order valence-electron chi connectivity index (χ2n) is 4.19. The van der Waals surface area contributed by atoms with E-state index >= 15 is 0 Å². The summed E-state index contributed by atoms with van der Waals surface area (Å²) in [6.45, 7) is 2.78. The molecule has 1 aromatic rings. The fourth-order valence-corrected chi connectivity index (χ4v) is 1.19. The molecule has 0 aliphatic carbocycles. The first-order valence-corrected chi connectivity index (χ1v) is 5.64. The summed E-state index contributed by atoms with van der Waals surface area (Å²) in [5.41, 5.74) is 0.991. The Morgan fingerprint density at radius 2 is 1.94 bits per heavy atom. The van der Waals surface area contributed by atoms with E-state index in [2.05, 4.69) is 11.8 Å². The predicted molar refractivity (Wildman–Crippen MR) is 70.2 cm³/mol. The molecule has 0 heterocycles. The highest BCUT2D eigenvalue weighted by Crippen LogP contribution is 2.13. The van der Waals surface area contributed by atoms with E-state index in [1.807, 2.05) is 38.4 Å². The van der Waals surface area contributed by atoms with Gasteiger partial charge in [-0.1, -0.05) is 18.2 Å². The molecule has 1 aromatic carbocycles. The molecular weight excluding hydrogens is 214 g/mol. The molecule has 17 heavy (non-hydrogen) atoms. The van der Waals surface area contributed by atoms with E-state index in [9.17, 15) is 4.79 Å². The number of ether oxygens (including phenoxy) is 1. The first kappa shape index (κ1) is 13.5.